The molecule has 3 fully saturated rings. The van der Waals surface area contributed by atoms with E-state index in [0.717, 1.165) is 18.4 Å². The van der Waals surface area contributed by atoms with Gasteiger partial charge in [-0.2, -0.15) is 0 Å². The summed E-state index contributed by atoms with van der Waals surface area (Å²) in [6, 6.07) is 7.78. The van der Waals surface area contributed by atoms with Crippen molar-refractivity contribution in [2.45, 2.75) is 82.1 Å². The van der Waals surface area contributed by atoms with Gasteiger partial charge in [-0.15, -0.1) is 13.2 Å². The number of esters is 1. The first-order valence-corrected chi connectivity index (χ1v) is 15.9. The molecule has 3 saturated heterocycles. The normalized spacial score (nSPS) is 25.8. The topological polar surface area (TPSA) is 125 Å². The zero-order valence-corrected chi connectivity index (χ0v) is 25.8. The Bertz CT molecular complexity index is 1190. The van der Waals surface area contributed by atoms with Gasteiger partial charge in [0, 0.05) is 32.7 Å². The molecule has 1 spiro atoms. The fourth-order valence-electron chi connectivity index (χ4n) is 6.98. The van der Waals surface area contributed by atoms with Crippen molar-refractivity contribution in [2.24, 2.45) is 11.8 Å². The van der Waals surface area contributed by atoms with Crippen LogP contribution in [0.2, 0.25) is 0 Å². The largest absolute Gasteiger partial charge is 0.463 e. The summed E-state index contributed by atoms with van der Waals surface area (Å²) in [6.07, 6.45) is 7.31. The van der Waals surface area contributed by atoms with E-state index in [9.17, 15) is 24.3 Å². The number of aliphatic hydroxyl groups excluding tert-OH is 1. The predicted octanol–water partition coefficient (Wildman–Crippen LogP) is 3.32. The van der Waals surface area contributed by atoms with E-state index in [-0.39, 0.29) is 43.3 Å². The quantitative estimate of drug-likeness (QED) is 0.149. The van der Waals surface area contributed by atoms with Gasteiger partial charge in [0.05, 0.1) is 24.0 Å². The zero-order chi connectivity index (χ0) is 31.7. The fourth-order valence-corrected chi connectivity index (χ4v) is 6.98. The number of fused-ring (bicyclic) bond motifs is 1. The molecule has 3 heterocycles. The molecule has 3 amide bonds. The van der Waals surface area contributed by atoms with E-state index in [2.05, 4.69) is 25.4 Å². The van der Waals surface area contributed by atoms with Crippen LogP contribution < -0.4 is 5.32 Å². The minimum absolute atomic E-state index is 0.0169. The number of benzene rings is 1. The summed E-state index contributed by atoms with van der Waals surface area (Å²) in [7, 11) is 0. The second-order valence-electron chi connectivity index (χ2n) is 11.9. The minimum Gasteiger partial charge on any atom is -0.463 e. The van der Waals surface area contributed by atoms with E-state index in [1.54, 1.807) is 22.0 Å². The van der Waals surface area contributed by atoms with Crippen molar-refractivity contribution in [3.05, 3.63) is 61.2 Å². The van der Waals surface area contributed by atoms with E-state index in [1.165, 1.54) is 0 Å². The van der Waals surface area contributed by atoms with E-state index < -0.39 is 35.6 Å². The molecule has 3 aliphatic rings. The lowest BCUT2D eigenvalue weighted by Gasteiger charge is -2.37. The maximum Gasteiger partial charge on any atom is 0.306 e. The third-order valence-corrected chi connectivity index (χ3v) is 9.07. The molecule has 1 aromatic rings. The van der Waals surface area contributed by atoms with Gasteiger partial charge in [-0.05, 0) is 44.1 Å². The van der Waals surface area contributed by atoms with Gasteiger partial charge in [0.1, 0.15) is 18.2 Å². The molecule has 44 heavy (non-hydrogen) atoms. The maximum atomic E-state index is 14.2. The second-order valence-corrected chi connectivity index (χ2v) is 11.9. The van der Waals surface area contributed by atoms with Crippen LogP contribution in [0.25, 0.3) is 0 Å². The monoisotopic (exact) mass is 609 g/mol. The molecule has 4 rings (SSSR count). The number of nitrogens with zero attached hydrogens (tertiary/aromatic N) is 2. The molecular formula is C34H47N3O7. The number of nitrogens with one attached hydrogen (secondary N) is 1. The van der Waals surface area contributed by atoms with Crippen molar-refractivity contribution in [3.63, 3.8) is 0 Å². The third kappa shape index (κ3) is 6.91. The van der Waals surface area contributed by atoms with Gasteiger partial charge in [0.15, 0.2) is 0 Å². The van der Waals surface area contributed by atoms with Crippen LogP contribution >= 0.6 is 0 Å². The summed E-state index contributed by atoms with van der Waals surface area (Å²) in [5.74, 6) is -2.80. The number of hydrogen-bond acceptors (Lipinski definition) is 7. The summed E-state index contributed by atoms with van der Waals surface area (Å²) in [5, 5.41) is 12.5. The smallest absolute Gasteiger partial charge is 0.306 e. The standard InChI is InChI=1S/C34H47N3O7/c1-4-7-16-27(39)43-23-25(24-14-10-9-11-15-24)35-31(40)28-26-17-18-34(44-26)29(28)32(41)37(21-12-13-22-38)30(34)33(42)36(19-6-3)20-8-5-2/h4,6,9-11,14-15,25-26,28-30,38H,1,3,5,7-8,12-13,16-23H2,2H3,(H,35,40)/t25-,26-,28+,29+,30-,34+/m0/s1. The maximum absolute atomic E-state index is 14.2. The first-order chi connectivity index (χ1) is 21.3. The molecule has 0 radical (unpaired) electrons. The number of likely N-dealkylation sites (tertiary alicyclic amines) is 1. The Morgan fingerprint density at radius 3 is 2.66 bits per heavy atom. The highest BCUT2D eigenvalue weighted by molar-refractivity contribution is 5.99. The lowest BCUT2D eigenvalue weighted by molar-refractivity contribution is -0.148. The SMILES string of the molecule is C=CCCC(=O)OC[C@H](NC(=O)[C@@H]1[C@@H]2CC[C@]3(O2)[C@H](C(=O)N(CC=C)CCCC)N(CCCCO)C(=O)[C@@H]13)c1ccccc1. The number of carbonyl (C=O) groups excluding carboxylic acids is 4. The molecule has 6 atom stereocenters. The first-order valence-electron chi connectivity index (χ1n) is 15.9. The van der Waals surface area contributed by atoms with E-state index in [1.807, 2.05) is 30.3 Å². The highest BCUT2D eigenvalue weighted by Gasteiger charge is 2.74. The number of hydrogen-bond donors (Lipinski definition) is 2. The Hall–Kier alpha value is -3.50. The van der Waals surface area contributed by atoms with Gasteiger partial charge in [0.2, 0.25) is 17.7 Å². The Morgan fingerprint density at radius 2 is 1.98 bits per heavy atom. The van der Waals surface area contributed by atoms with Crippen LogP contribution in [0.5, 0.6) is 0 Å². The Kier molecular flexibility index (Phi) is 11.7. The van der Waals surface area contributed by atoms with Crippen LogP contribution in [0, 0.1) is 11.8 Å². The molecule has 1 aromatic carbocycles. The summed E-state index contributed by atoms with van der Waals surface area (Å²) in [6.45, 7) is 10.6. The number of allylic oxidation sites excluding steroid dienone is 1. The van der Waals surface area contributed by atoms with Crippen LogP contribution in [0.3, 0.4) is 0 Å². The number of carbonyl (C=O) groups is 4. The minimum atomic E-state index is -1.11. The van der Waals surface area contributed by atoms with Gasteiger partial charge in [-0.1, -0.05) is 55.8 Å². The van der Waals surface area contributed by atoms with Gasteiger partial charge >= 0.3 is 5.97 Å². The van der Waals surface area contributed by atoms with Crippen LogP contribution in [0.4, 0.5) is 0 Å². The fraction of sp³-hybridized carbons (Fsp3) is 0.588. The summed E-state index contributed by atoms with van der Waals surface area (Å²) >= 11 is 0. The van der Waals surface area contributed by atoms with Gasteiger partial charge in [-0.3, -0.25) is 19.2 Å². The molecule has 10 nitrogen and oxygen atoms in total. The Morgan fingerprint density at radius 1 is 1.20 bits per heavy atom. The van der Waals surface area contributed by atoms with Crippen LogP contribution in [-0.2, 0) is 28.7 Å². The molecule has 240 valence electrons. The summed E-state index contributed by atoms with van der Waals surface area (Å²) in [4.78, 5) is 58.1. The number of unbranched alkanes of at least 4 members (excludes halogenated alkanes) is 2. The first kappa shape index (κ1) is 33.4. The number of amides is 3. The lowest BCUT2D eigenvalue weighted by atomic mass is 9.70. The van der Waals surface area contributed by atoms with Gasteiger partial charge in [-0.25, -0.2) is 0 Å². The Labute approximate surface area is 260 Å². The van der Waals surface area contributed by atoms with Crippen molar-refractivity contribution >= 4 is 23.7 Å². The zero-order valence-electron chi connectivity index (χ0n) is 25.8. The number of ether oxygens (including phenoxy) is 2. The van der Waals surface area contributed by atoms with Crippen LogP contribution in [0.1, 0.15) is 69.9 Å². The van der Waals surface area contributed by atoms with Crippen molar-refractivity contribution in [1.82, 2.24) is 15.1 Å². The van der Waals surface area contributed by atoms with Crippen molar-refractivity contribution < 1.29 is 33.8 Å². The molecule has 3 aliphatic heterocycles. The van der Waals surface area contributed by atoms with Gasteiger partial charge < -0.3 is 29.7 Å². The van der Waals surface area contributed by atoms with E-state index in [0.29, 0.717) is 51.7 Å². The molecular weight excluding hydrogens is 562 g/mol. The molecule has 10 heteroatoms. The summed E-state index contributed by atoms with van der Waals surface area (Å²) in [5.41, 5.74) is -0.339. The van der Waals surface area contributed by atoms with Crippen LogP contribution in [0.15, 0.2) is 55.6 Å². The van der Waals surface area contributed by atoms with Gasteiger partial charge in [0.25, 0.3) is 0 Å². The Balaban J connectivity index is 1.61. The van der Waals surface area contributed by atoms with Crippen molar-refractivity contribution in [3.8, 4) is 0 Å². The lowest BCUT2D eigenvalue weighted by Crippen LogP contribution is -2.56. The van der Waals surface area contributed by atoms with Crippen molar-refractivity contribution in [2.75, 3.05) is 32.8 Å². The molecule has 2 bridgehead atoms. The van der Waals surface area contributed by atoms with Crippen molar-refractivity contribution in [1.29, 1.82) is 0 Å². The third-order valence-electron chi connectivity index (χ3n) is 9.07. The number of aliphatic hydroxyl groups is 1. The highest BCUT2D eigenvalue weighted by atomic mass is 16.5. The molecule has 0 aromatic heterocycles. The molecule has 0 unspecified atom stereocenters. The van der Waals surface area contributed by atoms with Crippen LogP contribution in [-0.4, -0.2) is 89.2 Å². The molecule has 2 N–H and O–H groups in total. The van der Waals surface area contributed by atoms with E-state index in [4.69, 9.17) is 9.47 Å². The highest BCUT2D eigenvalue weighted by Crippen LogP contribution is 2.58. The summed E-state index contributed by atoms with van der Waals surface area (Å²) < 4.78 is 12.1. The predicted molar refractivity (Wildman–Crippen MR) is 165 cm³/mol. The van der Waals surface area contributed by atoms with E-state index >= 15 is 0 Å². The molecule has 0 saturated carbocycles. The average molecular weight is 610 g/mol. The molecule has 0 aliphatic carbocycles. The number of rotatable bonds is 18. The average Bonchev–Trinajstić information content (AvgIpc) is 3.67. The second kappa shape index (κ2) is 15.5.